The monoisotopic (exact) mass is 381 g/mol. The number of rotatable bonds is 2. The molecule has 1 aliphatic heterocycles. The van der Waals surface area contributed by atoms with Crippen LogP contribution in [-0.2, 0) is 11.0 Å². The van der Waals surface area contributed by atoms with Gasteiger partial charge in [0.25, 0.3) is 0 Å². The van der Waals surface area contributed by atoms with Gasteiger partial charge in [-0.15, -0.1) is 0 Å². The molecule has 1 heterocycles. The van der Waals surface area contributed by atoms with Crippen LogP contribution in [0.1, 0.15) is 24.0 Å². The summed E-state index contributed by atoms with van der Waals surface area (Å²) in [6.45, 7) is 2.25. The Balaban J connectivity index is 0.000000298. The number of alkyl halides is 6. The molecule has 2 fully saturated rings. The van der Waals surface area contributed by atoms with Gasteiger partial charge in [-0.2, -0.15) is 26.3 Å². The van der Waals surface area contributed by atoms with Crippen molar-refractivity contribution in [2.24, 2.45) is 11.3 Å². The molecule has 0 atom stereocenters. The van der Waals surface area contributed by atoms with Gasteiger partial charge in [-0.1, -0.05) is 24.3 Å². The van der Waals surface area contributed by atoms with Crippen LogP contribution in [0.3, 0.4) is 0 Å². The number of hydrogen-bond donors (Lipinski definition) is 2. The van der Waals surface area contributed by atoms with E-state index in [1.807, 2.05) is 6.08 Å². The zero-order valence-corrected chi connectivity index (χ0v) is 13.5. The lowest BCUT2D eigenvalue weighted by molar-refractivity contribution is -0.192. The topological polar surface area (TPSA) is 49.3 Å². The summed E-state index contributed by atoms with van der Waals surface area (Å²) in [6, 6.07) is 5.33. The van der Waals surface area contributed by atoms with E-state index in [4.69, 9.17) is 9.90 Å². The van der Waals surface area contributed by atoms with E-state index in [1.165, 1.54) is 25.0 Å². The number of benzene rings is 1. The van der Waals surface area contributed by atoms with E-state index >= 15 is 0 Å². The van der Waals surface area contributed by atoms with Crippen molar-refractivity contribution < 1.29 is 36.2 Å². The maximum Gasteiger partial charge on any atom is 0.490 e. The molecule has 26 heavy (non-hydrogen) atoms. The van der Waals surface area contributed by atoms with E-state index in [-0.39, 0.29) is 0 Å². The van der Waals surface area contributed by atoms with Gasteiger partial charge in [-0.25, -0.2) is 4.79 Å². The number of allylic oxidation sites excluding steroid dienone is 1. The normalized spacial score (nSPS) is 19.5. The van der Waals surface area contributed by atoms with E-state index in [2.05, 4.69) is 11.4 Å². The van der Waals surface area contributed by atoms with E-state index in [0.717, 1.165) is 30.8 Å². The number of carboxylic acid groups (broad SMARTS) is 1. The summed E-state index contributed by atoms with van der Waals surface area (Å²) < 4.78 is 68.9. The Morgan fingerprint density at radius 1 is 1.08 bits per heavy atom. The number of halogens is 6. The van der Waals surface area contributed by atoms with Crippen molar-refractivity contribution in [2.45, 2.75) is 25.2 Å². The minimum atomic E-state index is -5.08. The average molecular weight is 381 g/mol. The first kappa shape index (κ1) is 20.3. The molecule has 1 aromatic rings. The second-order valence-corrected chi connectivity index (χ2v) is 6.55. The van der Waals surface area contributed by atoms with Crippen LogP contribution in [0.15, 0.2) is 30.3 Å². The highest BCUT2D eigenvalue weighted by atomic mass is 19.4. The first-order chi connectivity index (χ1) is 11.9. The van der Waals surface area contributed by atoms with Gasteiger partial charge in [-0.05, 0) is 41.9 Å². The molecule has 2 N–H and O–H groups in total. The molecule has 144 valence electrons. The lowest BCUT2D eigenvalue weighted by Gasteiger charge is -2.53. The van der Waals surface area contributed by atoms with Crippen LogP contribution in [0.2, 0.25) is 0 Å². The SMILES string of the molecule is FC(F)(F)c1ccc(C=CC2CC3(CNC3)C2)cc1.O=C(O)C(F)(F)F. The largest absolute Gasteiger partial charge is 0.490 e. The lowest BCUT2D eigenvalue weighted by atomic mass is 9.58. The van der Waals surface area contributed by atoms with E-state index in [9.17, 15) is 26.3 Å². The summed E-state index contributed by atoms with van der Waals surface area (Å²) in [5.41, 5.74) is 0.781. The Bertz CT molecular complexity index is 651. The molecule has 1 aromatic carbocycles. The Hall–Kier alpha value is -2.03. The van der Waals surface area contributed by atoms with Crippen LogP contribution in [0.4, 0.5) is 26.3 Å². The van der Waals surface area contributed by atoms with Crippen LogP contribution in [0.5, 0.6) is 0 Å². The predicted molar refractivity (Wildman–Crippen MR) is 82.2 cm³/mol. The second-order valence-electron chi connectivity index (χ2n) is 6.55. The molecule has 3 rings (SSSR count). The Kier molecular flexibility index (Phi) is 5.70. The molecule has 0 aromatic heterocycles. The van der Waals surface area contributed by atoms with Gasteiger partial charge in [0.1, 0.15) is 0 Å². The van der Waals surface area contributed by atoms with Crippen molar-refractivity contribution in [3.05, 3.63) is 41.5 Å². The fraction of sp³-hybridized carbons (Fsp3) is 0.471. The molecule has 1 saturated heterocycles. The molecule has 3 nitrogen and oxygen atoms in total. The zero-order valence-electron chi connectivity index (χ0n) is 13.5. The maximum absolute atomic E-state index is 12.4. The average Bonchev–Trinajstić information content (AvgIpc) is 2.43. The molecule has 0 bridgehead atoms. The minimum Gasteiger partial charge on any atom is -0.475 e. The quantitative estimate of drug-likeness (QED) is 0.749. The van der Waals surface area contributed by atoms with Crippen molar-refractivity contribution in [1.82, 2.24) is 5.32 Å². The first-order valence-electron chi connectivity index (χ1n) is 7.78. The number of nitrogens with one attached hydrogen (secondary N) is 1. The van der Waals surface area contributed by atoms with Crippen LogP contribution in [-0.4, -0.2) is 30.3 Å². The van der Waals surface area contributed by atoms with E-state index in [0.29, 0.717) is 11.3 Å². The third-order valence-corrected chi connectivity index (χ3v) is 4.43. The zero-order chi connectivity index (χ0) is 19.6. The van der Waals surface area contributed by atoms with Crippen molar-refractivity contribution >= 4 is 12.0 Å². The molecule has 1 aliphatic carbocycles. The second kappa shape index (κ2) is 7.30. The summed E-state index contributed by atoms with van der Waals surface area (Å²) in [7, 11) is 0. The molecule has 1 spiro atoms. The van der Waals surface area contributed by atoms with Crippen molar-refractivity contribution in [3.8, 4) is 0 Å². The van der Waals surface area contributed by atoms with Gasteiger partial charge in [0.05, 0.1) is 5.56 Å². The van der Waals surface area contributed by atoms with Crippen LogP contribution >= 0.6 is 0 Å². The van der Waals surface area contributed by atoms with Crippen LogP contribution in [0, 0.1) is 11.3 Å². The molecular weight excluding hydrogens is 364 g/mol. The Labute approximate surface area is 145 Å². The van der Waals surface area contributed by atoms with Gasteiger partial charge < -0.3 is 10.4 Å². The van der Waals surface area contributed by atoms with Crippen LogP contribution < -0.4 is 5.32 Å². The van der Waals surface area contributed by atoms with Gasteiger partial charge in [0, 0.05) is 13.1 Å². The standard InChI is InChI=1S/C15H16F3N.C2HF3O2/c16-15(17,18)13-5-3-11(4-6-13)1-2-12-7-14(8-12)9-19-10-14;3-2(4,5)1(6)7/h1-6,12,19H,7-10H2;(H,6,7). The fourth-order valence-electron chi connectivity index (χ4n) is 2.99. The molecule has 0 unspecified atom stereocenters. The van der Waals surface area contributed by atoms with Crippen molar-refractivity contribution in [3.63, 3.8) is 0 Å². The molecule has 0 radical (unpaired) electrons. The third kappa shape index (κ3) is 5.23. The highest BCUT2D eigenvalue weighted by Crippen LogP contribution is 2.49. The van der Waals surface area contributed by atoms with Crippen LogP contribution in [0.25, 0.3) is 6.08 Å². The van der Waals surface area contributed by atoms with E-state index in [1.54, 1.807) is 0 Å². The van der Waals surface area contributed by atoms with Gasteiger partial charge in [-0.3, -0.25) is 0 Å². The maximum atomic E-state index is 12.4. The minimum absolute atomic E-state index is 0.537. The third-order valence-electron chi connectivity index (χ3n) is 4.43. The highest BCUT2D eigenvalue weighted by molar-refractivity contribution is 5.73. The Morgan fingerprint density at radius 3 is 1.92 bits per heavy atom. The highest BCUT2D eigenvalue weighted by Gasteiger charge is 2.47. The smallest absolute Gasteiger partial charge is 0.475 e. The summed E-state index contributed by atoms with van der Waals surface area (Å²) in [5.74, 6) is -2.17. The molecule has 1 saturated carbocycles. The number of carboxylic acids is 1. The first-order valence-corrected chi connectivity index (χ1v) is 7.78. The molecule has 0 amide bonds. The summed E-state index contributed by atoms with van der Waals surface area (Å²) in [5, 5.41) is 10.4. The lowest BCUT2D eigenvalue weighted by Crippen LogP contribution is -2.59. The van der Waals surface area contributed by atoms with Crippen molar-refractivity contribution in [1.29, 1.82) is 0 Å². The van der Waals surface area contributed by atoms with E-state index < -0.39 is 23.9 Å². The number of aliphatic carboxylic acids is 1. The van der Waals surface area contributed by atoms with Crippen molar-refractivity contribution in [2.75, 3.05) is 13.1 Å². The van der Waals surface area contributed by atoms with Gasteiger partial charge in [0.2, 0.25) is 0 Å². The molecular formula is C17H17F6NO2. The Morgan fingerprint density at radius 2 is 1.58 bits per heavy atom. The summed E-state index contributed by atoms with van der Waals surface area (Å²) >= 11 is 0. The summed E-state index contributed by atoms with van der Waals surface area (Å²) in [6.07, 6.45) is -2.86. The predicted octanol–water partition coefficient (Wildman–Crippen LogP) is 4.35. The number of carbonyl (C=O) groups is 1. The fourth-order valence-corrected chi connectivity index (χ4v) is 2.99. The van der Waals surface area contributed by atoms with Gasteiger partial charge in [0.15, 0.2) is 0 Å². The molecule has 2 aliphatic rings. The van der Waals surface area contributed by atoms with Gasteiger partial charge >= 0.3 is 18.3 Å². The number of hydrogen-bond acceptors (Lipinski definition) is 2. The molecule has 9 heteroatoms. The summed E-state index contributed by atoms with van der Waals surface area (Å²) in [4.78, 5) is 8.90.